The Kier molecular flexibility index (Phi) is 3.72. The lowest BCUT2D eigenvalue weighted by Crippen LogP contribution is -2.03. The fourth-order valence-corrected chi connectivity index (χ4v) is 0.355. The Bertz CT molecular complexity index is 183. The lowest BCUT2D eigenvalue weighted by Gasteiger charge is -1.94. The Balaban J connectivity index is 4.13. The SMILES string of the molecule is CO/C(C)=C/C(=O)C(=O)Cl. The van der Waals surface area contributed by atoms with Crippen LogP contribution in [0.15, 0.2) is 11.8 Å². The molecule has 0 unspecified atom stereocenters. The van der Waals surface area contributed by atoms with Crippen LogP contribution in [0.3, 0.4) is 0 Å². The number of ketones is 1. The molecule has 0 rings (SSSR count). The Hall–Kier alpha value is -0.830. The van der Waals surface area contributed by atoms with Gasteiger partial charge in [-0.15, -0.1) is 0 Å². The quantitative estimate of drug-likeness (QED) is 0.268. The maximum Gasteiger partial charge on any atom is 0.292 e. The number of allylic oxidation sites excluding steroid dienone is 2. The van der Waals surface area contributed by atoms with Gasteiger partial charge in [0.05, 0.1) is 12.9 Å². The molecular weight excluding hydrogens is 156 g/mol. The van der Waals surface area contributed by atoms with Crippen LogP contribution in [0.25, 0.3) is 0 Å². The van der Waals surface area contributed by atoms with Gasteiger partial charge in [0.25, 0.3) is 5.24 Å². The van der Waals surface area contributed by atoms with Gasteiger partial charge in [-0.25, -0.2) is 0 Å². The van der Waals surface area contributed by atoms with Gasteiger partial charge in [-0.05, 0) is 18.5 Å². The molecule has 0 aliphatic heterocycles. The van der Waals surface area contributed by atoms with Gasteiger partial charge >= 0.3 is 0 Å². The van der Waals surface area contributed by atoms with Crippen molar-refractivity contribution in [2.45, 2.75) is 6.92 Å². The van der Waals surface area contributed by atoms with Crippen molar-refractivity contribution < 1.29 is 14.3 Å². The third-order valence-electron chi connectivity index (χ3n) is 0.850. The fourth-order valence-electron chi connectivity index (χ4n) is 0.300. The first-order valence-electron chi connectivity index (χ1n) is 2.54. The monoisotopic (exact) mass is 162 g/mol. The number of rotatable bonds is 3. The molecule has 0 N–H and O–H groups in total. The van der Waals surface area contributed by atoms with Gasteiger partial charge in [0.2, 0.25) is 5.78 Å². The molecule has 0 fully saturated rings. The zero-order chi connectivity index (χ0) is 8.15. The summed E-state index contributed by atoms with van der Waals surface area (Å²) >= 11 is 4.84. The van der Waals surface area contributed by atoms with Gasteiger partial charge in [-0.1, -0.05) is 0 Å². The summed E-state index contributed by atoms with van der Waals surface area (Å²) in [5, 5.41) is -1.00. The van der Waals surface area contributed by atoms with E-state index in [9.17, 15) is 9.59 Å². The number of carbonyl (C=O) groups excluding carboxylic acids is 2. The highest BCUT2D eigenvalue weighted by atomic mass is 35.5. The Morgan fingerprint density at radius 3 is 2.30 bits per heavy atom. The molecule has 0 spiro atoms. The molecule has 56 valence electrons. The summed E-state index contributed by atoms with van der Waals surface area (Å²) < 4.78 is 4.60. The van der Waals surface area contributed by atoms with Crippen molar-refractivity contribution in [3.8, 4) is 0 Å². The van der Waals surface area contributed by atoms with Gasteiger partial charge in [-0.2, -0.15) is 0 Å². The standard InChI is InChI=1S/C6H7ClO3/c1-4(10-2)3-5(8)6(7)9/h3H,1-2H3/b4-3+. The van der Waals surface area contributed by atoms with Crippen molar-refractivity contribution in [1.82, 2.24) is 0 Å². The van der Waals surface area contributed by atoms with Crippen molar-refractivity contribution in [3.63, 3.8) is 0 Å². The molecular formula is C6H7ClO3. The minimum atomic E-state index is -1.00. The van der Waals surface area contributed by atoms with E-state index >= 15 is 0 Å². The maximum atomic E-state index is 10.5. The molecule has 10 heavy (non-hydrogen) atoms. The summed E-state index contributed by atoms with van der Waals surface area (Å²) in [5.41, 5.74) is 0. The third kappa shape index (κ3) is 3.25. The second-order valence-corrected chi connectivity index (χ2v) is 1.94. The van der Waals surface area contributed by atoms with Crippen molar-refractivity contribution in [2.75, 3.05) is 7.11 Å². The molecule has 3 nitrogen and oxygen atoms in total. The molecule has 0 aromatic rings. The van der Waals surface area contributed by atoms with E-state index in [4.69, 9.17) is 11.6 Å². The van der Waals surface area contributed by atoms with Crippen LogP contribution in [0.2, 0.25) is 0 Å². The molecule has 0 aliphatic rings. The van der Waals surface area contributed by atoms with E-state index in [-0.39, 0.29) is 0 Å². The highest BCUT2D eigenvalue weighted by Crippen LogP contribution is 1.94. The van der Waals surface area contributed by atoms with E-state index in [1.54, 1.807) is 6.92 Å². The highest BCUT2D eigenvalue weighted by Gasteiger charge is 2.06. The molecule has 0 aromatic carbocycles. The van der Waals surface area contributed by atoms with E-state index in [1.807, 2.05) is 0 Å². The minimum absolute atomic E-state index is 0.360. The summed E-state index contributed by atoms with van der Waals surface area (Å²) in [6.07, 6.45) is 1.04. The van der Waals surface area contributed by atoms with E-state index < -0.39 is 11.0 Å². The molecule has 0 amide bonds. The van der Waals surface area contributed by atoms with Gasteiger partial charge in [-0.3, -0.25) is 9.59 Å². The molecule has 0 bridgehead atoms. The second kappa shape index (κ2) is 4.06. The third-order valence-corrected chi connectivity index (χ3v) is 1.04. The molecule has 0 radical (unpaired) electrons. The van der Waals surface area contributed by atoms with E-state index in [1.165, 1.54) is 7.11 Å². The molecule has 0 aliphatic carbocycles. The molecule has 0 saturated heterocycles. The zero-order valence-corrected chi connectivity index (χ0v) is 6.44. The number of halogens is 1. The largest absolute Gasteiger partial charge is 0.501 e. The number of ether oxygens (including phenoxy) is 1. The first-order valence-corrected chi connectivity index (χ1v) is 2.91. The van der Waals surface area contributed by atoms with E-state index in [0.29, 0.717) is 5.76 Å². The molecule has 0 atom stereocenters. The topological polar surface area (TPSA) is 43.4 Å². The van der Waals surface area contributed by atoms with Crippen molar-refractivity contribution >= 4 is 22.6 Å². The summed E-state index contributed by atoms with van der Waals surface area (Å²) in [4.78, 5) is 20.6. The Morgan fingerprint density at radius 1 is 1.50 bits per heavy atom. The van der Waals surface area contributed by atoms with Crippen LogP contribution in [-0.4, -0.2) is 18.1 Å². The number of hydrogen-bond donors (Lipinski definition) is 0. The second-order valence-electron chi connectivity index (χ2n) is 1.60. The maximum absolute atomic E-state index is 10.5. The van der Waals surface area contributed by atoms with Crippen molar-refractivity contribution in [1.29, 1.82) is 0 Å². The summed E-state index contributed by atoms with van der Waals surface area (Å²) in [6.45, 7) is 1.55. The van der Waals surface area contributed by atoms with Crippen LogP contribution < -0.4 is 0 Å². The average Bonchev–Trinajstić information content (AvgIpc) is 1.87. The van der Waals surface area contributed by atoms with Gasteiger partial charge in [0.1, 0.15) is 0 Å². The predicted octanol–water partition coefficient (Wildman–Crippen LogP) is 0.871. The smallest absolute Gasteiger partial charge is 0.292 e. The van der Waals surface area contributed by atoms with Crippen LogP contribution in [0.1, 0.15) is 6.92 Å². The van der Waals surface area contributed by atoms with Gasteiger partial charge in [0, 0.05) is 6.08 Å². The van der Waals surface area contributed by atoms with Gasteiger partial charge in [0.15, 0.2) is 0 Å². The minimum Gasteiger partial charge on any atom is -0.501 e. The summed E-state index contributed by atoms with van der Waals surface area (Å²) in [7, 11) is 1.40. The van der Waals surface area contributed by atoms with Crippen molar-refractivity contribution in [2.24, 2.45) is 0 Å². The Morgan fingerprint density at radius 2 is 2.00 bits per heavy atom. The summed E-state index contributed by atoms with van der Waals surface area (Å²) in [6, 6.07) is 0. The fraction of sp³-hybridized carbons (Fsp3) is 0.333. The normalized spacial score (nSPS) is 10.9. The van der Waals surface area contributed by atoms with Crippen LogP contribution in [0.4, 0.5) is 0 Å². The number of carbonyl (C=O) groups is 2. The average molecular weight is 163 g/mol. The lowest BCUT2D eigenvalue weighted by atomic mass is 10.3. The predicted molar refractivity (Wildman–Crippen MR) is 36.6 cm³/mol. The van der Waals surface area contributed by atoms with Crippen molar-refractivity contribution in [3.05, 3.63) is 11.8 Å². The first-order chi connectivity index (χ1) is 4.57. The van der Waals surface area contributed by atoms with Crippen LogP contribution in [0, 0.1) is 0 Å². The molecule has 4 heteroatoms. The molecule has 0 aromatic heterocycles. The summed E-state index contributed by atoms with van der Waals surface area (Å²) in [5.74, 6) is -0.403. The van der Waals surface area contributed by atoms with Gasteiger partial charge < -0.3 is 4.74 Å². The molecule has 0 saturated carbocycles. The zero-order valence-electron chi connectivity index (χ0n) is 5.68. The Labute approximate surface area is 63.6 Å². The lowest BCUT2D eigenvalue weighted by molar-refractivity contribution is -0.129. The van der Waals surface area contributed by atoms with E-state index in [2.05, 4.69) is 4.74 Å². The number of hydrogen-bond acceptors (Lipinski definition) is 3. The van der Waals surface area contributed by atoms with Crippen LogP contribution >= 0.6 is 11.6 Å². The van der Waals surface area contributed by atoms with Crippen LogP contribution in [0.5, 0.6) is 0 Å². The van der Waals surface area contributed by atoms with E-state index in [0.717, 1.165) is 6.08 Å². The first kappa shape index (κ1) is 9.17. The molecule has 0 heterocycles. The highest BCUT2D eigenvalue weighted by molar-refractivity contribution is 6.82. The van der Waals surface area contributed by atoms with Crippen LogP contribution in [-0.2, 0) is 14.3 Å². The number of methoxy groups -OCH3 is 1.